The maximum absolute atomic E-state index is 11.9. The second-order valence-electron chi connectivity index (χ2n) is 5.72. The predicted octanol–water partition coefficient (Wildman–Crippen LogP) is 2.89. The average molecular weight is 344 g/mol. The lowest BCUT2D eigenvalue weighted by Crippen LogP contribution is -2.35. The van der Waals surface area contributed by atoms with Gasteiger partial charge in [-0.2, -0.15) is 13.2 Å². The third-order valence-electron chi connectivity index (χ3n) is 4.17. The Labute approximate surface area is 138 Å². The number of thiol groups is 1. The standard InChI is InChI=1S/C9H14N2O.C7H5F3S/c1-3-7(12)11-9-6-4-10-5(2)8(6)9;8-7(9,10)5-1-3-6(11)4-2-5/h3,5-6,8-10H,1,4H2,2H3,(H,11,12);1-4,11H. The Hall–Kier alpha value is -1.47. The Morgan fingerprint density at radius 2 is 2.00 bits per heavy atom. The Bertz CT molecular complexity index is 574. The highest BCUT2D eigenvalue weighted by atomic mass is 32.1. The first kappa shape index (κ1) is 17.9. The molecule has 4 atom stereocenters. The van der Waals surface area contributed by atoms with E-state index in [9.17, 15) is 18.0 Å². The molecule has 2 fully saturated rings. The fourth-order valence-corrected chi connectivity index (χ4v) is 3.03. The molecule has 1 aliphatic heterocycles. The van der Waals surface area contributed by atoms with E-state index in [4.69, 9.17) is 0 Å². The maximum atomic E-state index is 11.9. The van der Waals surface area contributed by atoms with E-state index >= 15 is 0 Å². The zero-order chi connectivity index (χ0) is 17.2. The summed E-state index contributed by atoms with van der Waals surface area (Å²) in [7, 11) is 0. The molecule has 1 aromatic carbocycles. The fourth-order valence-electron chi connectivity index (χ4n) is 2.88. The van der Waals surface area contributed by atoms with Crippen molar-refractivity contribution in [3.63, 3.8) is 0 Å². The molecule has 126 valence electrons. The summed E-state index contributed by atoms with van der Waals surface area (Å²) in [4.78, 5) is 11.5. The number of halogens is 3. The Morgan fingerprint density at radius 3 is 2.43 bits per heavy atom. The predicted molar refractivity (Wildman–Crippen MR) is 85.3 cm³/mol. The first-order chi connectivity index (χ1) is 10.7. The molecule has 1 saturated carbocycles. The molecular weight excluding hydrogens is 325 g/mol. The van der Waals surface area contributed by atoms with Crippen LogP contribution in [0.3, 0.4) is 0 Å². The molecule has 2 N–H and O–H groups in total. The Kier molecular flexibility index (Phi) is 5.41. The molecule has 2 aliphatic rings. The number of rotatable bonds is 2. The van der Waals surface area contributed by atoms with Crippen LogP contribution in [0.1, 0.15) is 12.5 Å². The largest absolute Gasteiger partial charge is 0.416 e. The van der Waals surface area contributed by atoms with Gasteiger partial charge in [-0.25, -0.2) is 0 Å². The smallest absolute Gasteiger partial charge is 0.349 e. The van der Waals surface area contributed by atoms with E-state index < -0.39 is 11.7 Å². The Morgan fingerprint density at radius 1 is 1.39 bits per heavy atom. The first-order valence-electron chi connectivity index (χ1n) is 7.26. The van der Waals surface area contributed by atoms with Crippen LogP contribution >= 0.6 is 12.6 Å². The second-order valence-corrected chi connectivity index (χ2v) is 6.24. The van der Waals surface area contributed by atoms with Gasteiger partial charge in [0.2, 0.25) is 5.91 Å². The fraction of sp³-hybridized carbons (Fsp3) is 0.438. The molecule has 4 unspecified atom stereocenters. The number of nitrogens with one attached hydrogen (secondary N) is 2. The highest BCUT2D eigenvalue weighted by Gasteiger charge is 2.57. The molecule has 7 heteroatoms. The van der Waals surface area contributed by atoms with Gasteiger partial charge >= 0.3 is 6.18 Å². The zero-order valence-electron chi connectivity index (χ0n) is 12.6. The number of hydrogen-bond acceptors (Lipinski definition) is 3. The third-order valence-corrected chi connectivity index (χ3v) is 4.47. The van der Waals surface area contributed by atoms with E-state index in [-0.39, 0.29) is 5.91 Å². The van der Waals surface area contributed by atoms with Gasteiger partial charge in [0.25, 0.3) is 0 Å². The molecule has 3 rings (SSSR count). The van der Waals surface area contributed by atoms with Gasteiger partial charge in [0.05, 0.1) is 5.56 Å². The van der Waals surface area contributed by atoms with Crippen LogP contribution in [0.25, 0.3) is 0 Å². The van der Waals surface area contributed by atoms with Gasteiger partial charge in [-0.1, -0.05) is 6.58 Å². The van der Waals surface area contributed by atoms with E-state index in [1.54, 1.807) is 0 Å². The molecule has 3 nitrogen and oxygen atoms in total. The number of alkyl halides is 3. The molecule has 23 heavy (non-hydrogen) atoms. The lowest BCUT2D eigenvalue weighted by atomic mass is 10.2. The van der Waals surface area contributed by atoms with E-state index in [2.05, 4.69) is 36.8 Å². The molecule has 1 amide bonds. The molecule has 0 radical (unpaired) electrons. The number of carbonyl (C=O) groups is 1. The van der Waals surface area contributed by atoms with Gasteiger partial charge in [-0.3, -0.25) is 4.79 Å². The van der Waals surface area contributed by atoms with Crippen molar-refractivity contribution in [2.75, 3.05) is 6.54 Å². The van der Waals surface area contributed by atoms with Crippen molar-refractivity contribution >= 4 is 18.5 Å². The molecular formula is C16H19F3N2OS. The van der Waals surface area contributed by atoms with Crippen molar-refractivity contribution < 1.29 is 18.0 Å². The minimum absolute atomic E-state index is 0.0402. The summed E-state index contributed by atoms with van der Waals surface area (Å²) in [6.07, 6.45) is -2.91. The van der Waals surface area contributed by atoms with Crippen molar-refractivity contribution in [2.24, 2.45) is 11.8 Å². The van der Waals surface area contributed by atoms with Crippen LogP contribution < -0.4 is 10.6 Å². The van der Waals surface area contributed by atoms with Crippen LogP contribution in [0, 0.1) is 11.8 Å². The number of benzene rings is 1. The quantitative estimate of drug-likeness (QED) is 0.570. The molecule has 1 heterocycles. The summed E-state index contributed by atoms with van der Waals surface area (Å²) in [6.45, 7) is 6.65. The van der Waals surface area contributed by atoms with Gasteiger partial charge in [-0.05, 0) is 43.2 Å². The maximum Gasteiger partial charge on any atom is 0.416 e. The van der Waals surface area contributed by atoms with Crippen LogP contribution in [0.15, 0.2) is 41.8 Å². The Balaban J connectivity index is 0.000000168. The normalized spacial score (nSPS) is 28.2. The van der Waals surface area contributed by atoms with Gasteiger partial charge in [-0.15, -0.1) is 12.6 Å². The van der Waals surface area contributed by atoms with E-state index in [1.807, 2.05) is 0 Å². The van der Waals surface area contributed by atoms with Crippen molar-refractivity contribution in [1.82, 2.24) is 10.6 Å². The lowest BCUT2D eigenvalue weighted by Gasteiger charge is -2.10. The van der Waals surface area contributed by atoms with Crippen molar-refractivity contribution in [3.05, 3.63) is 42.5 Å². The van der Waals surface area contributed by atoms with Crippen LogP contribution in [-0.4, -0.2) is 24.5 Å². The van der Waals surface area contributed by atoms with Gasteiger partial charge in [0, 0.05) is 29.4 Å². The zero-order valence-corrected chi connectivity index (χ0v) is 13.5. The van der Waals surface area contributed by atoms with Crippen LogP contribution in [-0.2, 0) is 11.0 Å². The summed E-state index contributed by atoms with van der Waals surface area (Å²) in [6, 6.07) is 5.60. The van der Waals surface area contributed by atoms with Crippen LogP contribution in [0.5, 0.6) is 0 Å². The first-order valence-corrected chi connectivity index (χ1v) is 7.71. The monoisotopic (exact) mass is 344 g/mol. The highest BCUT2D eigenvalue weighted by molar-refractivity contribution is 7.80. The van der Waals surface area contributed by atoms with Crippen molar-refractivity contribution in [1.29, 1.82) is 0 Å². The summed E-state index contributed by atoms with van der Waals surface area (Å²) >= 11 is 3.86. The summed E-state index contributed by atoms with van der Waals surface area (Å²) in [5.41, 5.74) is -0.643. The molecule has 1 saturated heterocycles. The summed E-state index contributed by atoms with van der Waals surface area (Å²) in [5.74, 6) is 1.29. The molecule has 0 spiro atoms. The van der Waals surface area contributed by atoms with Crippen molar-refractivity contribution in [2.45, 2.75) is 30.1 Å². The minimum Gasteiger partial charge on any atom is -0.349 e. The molecule has 0 bridgehead atoms. The third kappa shape index (κ3) is 4.51. The summed E-state index contributed by atoms with van der Waals surface area (Å²) < 4.78 is 35.7. The molecule has 1 aliphatic carbocycles. The van der Waals surface area contributed by atoms with Crippen molar-refractivity contribution in [3.8, 4) is 0 Å². The van der Waals surface area contributed by atoms with E-state index in [0.29, 0.717) is 28.8 Å². The summed E-state index contributed by atoms with van der Waals surface area (Å²) in [5, 5.41) is 6.30. The number of hydrogen-bond donors (Lipinski definition) is 3. The SMILES string of the molecule is C=CC(=O)NC1C2CNC(C)C21.FC(F)(F)c1ccc(S)cc1. The molecule has 1 aromatic rings. The highest BCUT2D eigenvalue weighted by Crippen LogP contribution is 2.45. The molecule has 0 aromatic heterocycles. The number of carbonyl (C=O) groups excluding carboxylic acids is 1. The lowest BCUT2D eigenvalue weighted by molar-refractivity contribution is -0.137. The van der Waals surface area contributed by atoms with E-state index in [1.165, 1.54) is 18.2 Å². The number of fused-ring (bicyclic) bond motifs is 1. The number of amides is 1. The average Bonchev–Trinajstić information content (AvgIpc) is 3.02. The van der Waals surface area contributed by atoms with Crippen LogP contribution in [0.4, 0.5) is 13.2 Å². The van der Waals surface area contributed by atoms with Crippen LogP contribution in [0.2, 0.25) is 0 Å². The van der Waals surface area contributed by atoms with Gasteiger partial charge in [0.15, 0.2) is 0 Å². The van der Waals surface area contributed by atoms with Gasteiger partial charge < -0.3 is 10.6 Å². The topological polar surface area (TPSA) is 41.1 Å². The van der Waals surface area contributed by atoms with Gasteiger partial charge in [0.1, 0.15) is 0 Å². The second kappa shape index (κ2) is 6.97. The minimum atomic E-state index is -4.25. The number of piperidine rings is 1. The van der Waals surface area contributed by atoms with E-state index in [0.717, 1.165) is 18.7 Å².